The largest absolute Gasteiger partial charge is 0.329 e. The lowest BCUT2D eigenvalue weighted by molar-refractivity contribution is 0.149. The lowest BCUT2D eigenvalue weighted by Crippen LogP contribution is -2.39. The predicted octanol–water partition coefficient (Wildman–Crippen LogP) is 3.53. The van der Waals surface area contributed by atoms with Gasteiger partial charge in [-0.2, -0.15) is 0 Å². The number of nitrogens with zero attached hydrogens (tertiary/aromatic N) is 1. The summed E-state index contributed by atoms with van der Waals surface area (Å²) < 4.78 is 0. The zero-order valence-electron chi connectivity index (χ0n) is 12.3. The highest BCUT2D eigenvalue weighted by molar-refractivity contribution is 7.98. The van der Waals surface area contributed by atoms with Crippen molar-refractivity contribution in [1.82, 2.24) is 4.90 Å². The van der Waals surface area contributed by atoms with Crippen molar-refractivity contribution in [2.45, 2.75) is 43.7 Å². The Hall–Kier alpha value is -0.510. The molecule has 0 amide bonds. The number of benzene rings is 1. The molecule has 106 valence electrons. The van der Waals surface area contributed by atoms with Crippen LogP contribution in [0.5, 0.6) is 0 Å². The summed E-state index contributed by atoms with van der Waals surface area (Å²) in [7, 11) is 0. The van der Waals surface area contributed by atoms with Crippen LogP contribution in [0.25, 0.3) is 0 Å². The molecule has 1 aliphatic rings. The van der Waals surface area contributed by atoms with Crippen molar-refractivity contribution < 1.29 is 0 Å². The zero-order valence-corrected chi connectivity index (χ0v) is 13.1. The highest BCUT2D eigenvalue weighted by atomic mass is 32.2. The van der Waals surface area contributed by atoms with Crippen molar-refractivity contribution in [3.63, 3.8) is 0 Å². The van der Waals surface area contributed by atoms with Crippen LogP contribution in [0.3, 0.4) is 0 Å². The van der Waals surface area contributed by atoms with Gasteiger partial charge in [0.1, 0.15) is 0 Å². The van der Waals surface area contributed by atoms with Gasteiger partial charge in [-0.15, -0.1) is 11.8 Å². The quantitative estimate of drug-likeness (QED) is 0.836. The highest BCUT2D eigenvalue weighted by Gasteiger charge is 2.32. The zero-order chi connectivity index (χ0) is 13.8. The van der Waals surface area contributed by atoms with Crippen LogP contribution in [0.1, 0.15) is 38.3 Å². The van der Waals surface area contributed by atoms with E-state index in [-0.39, 0.29) is 0 Å². The molecule has 1 saturated heterocycles. The standard InChI is InChI=1S/C16H26N2S/c1-12(2)15-5-4-10-18(15)16(11-17)13-6-8-14(19-3)9-7-13/h6-9,12,15-16H,4-5,10-11,17H2,1-3H3. The predicted molar refractivity (Wildman–Crippen MR) is 84.6 cm³/mol. The van der Waals surface area contributed by atoms with Crippen LogP contribution >= 0.6 is 11.8 Å². The Labute approximate surface area is 121 Å². The molecule has 0 aliphatic carbocycles. The van der Waals surface area contributed by atoms with E-state index in [4.69, 9.17) is 5.73 Å². The van der Waals surface area contributed by atoms with Gasteiger partial charge in [0.2, 0.25) is 0 Å². The Balaban J connectivity index is 2.18. The number of likely N-dealkylation sites (tertiary alicyclic amines) is 1. The van der Waals surface area contributed by atoms with Gasteiger partial charge in [-0.3, -0.25) is 4.90 Å². The van der Waals surface area contributed by atoms with Crippen LogP contribution < -0.4 is 5.73 Å². The summed E-state index contributed by atoms with van der Waals surface area (Å²) in [5.74, 6) is 0.710. The van der Waals surface area contributed by atoms with Crippen LogP contribution in [0.4, 0.5) is 0 Å². The summed E-state index contributed by atoms with van der Waals surface area (Å²) >= 11 is 1.79. The minimum atomic E-state index is 0.380. The molecule has 0 bridgehead atoms. The van der Waals surface area contributed by atoms with E-state index in [2.05, 4.69) is 49.3 Å². The van der Waals surface area contributed by atoms with E-state index >= 15 is 0 Å². The SMILES string of the molecule is CSc1ccc(C(CN)N2CCCC2C(C)C)cc1. The van der Waals surface area contributed by atoms with E-state index in [9.17, 15) is 0 Å². The Bertz CT molecular complexity index is 388. The second-order valence-corrected chi connectivity index (χ2v) is 6.60. The first-order valence-corrected chi connectivity index (χ1v) is 8.49. The second-order valence-electron chi connectivity index (χ2n) is 5.72. The number of hydrogen-bond donors (Lipinski definition) is 1. The van der Waals surface area contributed by atoms with Crippen LogP contribution in [-0.4, -0.2) is 30.3 Å². The van der Waals surface area contributed by atoms with Gasteiger partial charge < -0.3 is 5.73 Å². The lowest BCUT2D eigenvalue weighted by atomic mass is 9.98. The van der Waals surface area contributed by atoms with E-state index in [1.807, 2.05) is 0 Å². The molecule has 0 aromatic heterocycles. The molecule has 1 aromatic carbocycles. The van der Waals surface area contributed by atoms with Gasteiger partial charge in [-0.05, 0) is 49.3 Å². The molecule has 0 radical (unpaired) electrons. The van der Waals surface area contributed by atoms with Gasteiger partial charge >= 0.3 is 0 Å². The maximum Gasteiger partial charge on any atom is 0.0473 e. The van der Waals surface area contributed by atoms with Crippen molar-refractivity contribution in [3.8, 4) is 0 Å². The fraction of sp³-hybridized carbons (Fsp3) is 0.625. The average molecular weight is 278 g/mol. The molecule has 2 unspecified atom stereocenters. The van der Waals surface area contributed by atoms with Crippen molar-refractivity contribution in [2.24, 2.45) is 11.7 Å². The third-order valence-corrected chi connectivity index (χ3v) is 4.98. The Morgan fingerprint density at radius 2 is 2.00 bits per heavy atom. The third kappa shape index (κ3) is 3.33. The van der Waals surface area contributed by atoms with Gasteiger partial charge in [-0.25, -0.2) is 0 Å². The molecule has 0 spiro atoms. The maximum atomic E-state index is 6.07. The number of nitrogens with two attached hydrogens (primary N) is 1. The molecule has 3 heteroatoms. The topological polar surface area (TPSA) is 29.3 Å². The van der Waals surface area contributed by atoms with E-state index in [1.54, 1.807) is 11.8 Å². The molecule has 0 saturated carbocycles. The highest BCUT2D eigenvalue weighted by Crippen LogP contribution is 2.32. The molecule has 1 fully saturated rings. The molecule has 2 nitrogen and oxygen atoms in total. The second kappa shape index (κ2) is 6.78. The molecular weight excluding hydrogens is 252 g/mol. The summed E-state index contributed by atoms with van der Waals surface area (Å²) in [6.45, 7) is 6.55. The van der Waals surface area contributed by atoms with Crippen LogP contribution in [0, 0.1) is 5.92 Å². The Morgan fingerprint density at radius 1 is 1.32 bits per heavy atom. The van der Waals surface area contributed by atoms with Crippen LogP contribution in [-0.2, 0) is 0 Å². The minimum Gasteiger partial charge on any atom is -0.329 e. The summed E-state index contributed by atoms with van der Waals surface area (Å²) in [6.07, 6.45) is 4.74. The van der Waals surface area contributed by atoms with Gasteiger partial charge in [0, 0.05) is 23.5 Å². The van der Waals surface area contributed by atoms with Gasteiger partial charge in [-0.1, -0.05) is 26.0 Å². The Kier molecular flexibility index (Phi) is 5.31. The molecule has 1 aliphatic heterocycles. The van der Waals surface area contributed by atoms with Crippen molar-refractivity contribution >= 4 is 11.8 Å². The first kappa shape index (κ1) is 14.9. The van der Waals surface area contributed by atoms with Crippen molar-refractivity contribution in [3.05, 3.63) is 29.8 Å². The van der Waals surface area contributed by atoms with Crippen molar-refractivity contribution in [2.75, 3.05) is 19.3 Å². The summed E-state index contributed by atoms with van der Waals surface area (Å²) in [5, 5.41) is 0. The minimum absolute atomic E-state index is 0.380. The maximum absolute atomic E-state index is 6.07. The molecule has 19 heavy (non-hydrogen) atoms. The molecule has 1 heterocycles. The van der Waals surface area contributed by atoms with E-state index in [1.165, 1.54) is 29.8 Å². The number of hydrogen-bond acceptors (Lipinski definition) is 3. The molecular formula is C16H26N2S. The number of thioether (sulfide) groups is 1. The van der Waals surface area contributed by atoms with Crippen LogP contribution in [0.15, 0.2) is 29.2 Å². The van der Waals surface area contributed by atoms with E-state index in [0.717, 1.165) is 0 Å². The van der Waals surface area contributed by atoms with Crippen LogP contribution in [0.2, 0.25) is 0 Å². The number of rotatable bonds is 5. The molecule has 2 rings (SSSR count). The summed E-state index contributed by atoms with van der Waals surface area (Å²) in [5.41, 5.74) is 7.44. The van der Waals surface area contributed by atoms with Gasteiger partial charge in [0.25, 0.3) is 0 Å². The first-order valence-electron chi connectivity index (χ1n) is 7.27. The van der Waals surface area contributed by atoms with Crippen molar-refractivity contribution in [1.29, 1.82) is 0 Å². The van der Waals surface area contributed by atoms with E-state index in [0.29, 0.717) is 24.5 Å². The molecule has 2 atom stereocenters. The van der Waals surface area contributed by atoms with Gasteiger partial charge in [0.05, 0.1) is 0 Å². The third-order valence-electron chi connectivity index (χ3n) is 4.24. The smallest absolute Gasteiger partial charge is 0.0473 e. The van der Waals surface area contributed by atoms with Gasteiger partial charge in [0.15, 0.2) is 0 Å². The summed E-state index contributed by atoms with van der Waals surface area (Å²) in [4.78, 5) is 3.94. The first-order chi connectivity index (χ1) is 9.17. The average Bonchev–Trinajstić information content (AvgIpc) is 2.90. The normalized spacial score (nSPS) is 22.1. The molecule has 1 aromatic rings. The summed E-state index contributed by atoms with van der Waals surface area (Å²) in [6, 6.07) is 9.99. The van der Waals surface area contributed by atoms with E-state index < -0.39 is 0 Å². The molecule has 2 N–H and O–H groups in total. The fourth-order valence-corrected chi connectivity index (χ4v) is 3.62. The Morgan fingerprint density at radius 3 is 2.53 bits per heavy atom. The lowest BCUT2D eigenvalue weighted by Gasteiger charge is -2.35. The monoisotopic (exact) mass is 278 g/mol. The fourth-order valence-electron chi connectivity index (χ4n) is 3.21.